The molecule has 1 heterocycles. The average molecular weight is 447 g/mol. The molecule has 5 heteroatoms. The predicted octanol–water partition coefficient (Wildman–Crippen LogP) is 8.22. The van der Waals surface area contributed by atoms with Crippen LogP contribution in [0.25, 0.3) is 0 Å². The number of aromatic nitrogens is 2. The molecular weight excluding hydrogens is 409 g/mol. The van der Waals surface area contributed by atoms with Gasteiger partial charge in [0.15, 0.2) is 0 Å². The van der Waals surface area contributed by atoms with Gasteiger partial charge in [-0.05, 0) is 67.7 Å². The summed E-state index contributed by atoms with van der Waals surface area (Å²) in [6.45, 7) is 14.9. The van der Waals surface area contributed by atoms with Crippen molar-refractivity contribution in [3.8, 4) is 0 Å². The monoisotopic (exact) mass is 446 g/mol. The van der Waals surface area contributed by atoms with Crippen molar-refractivity contribution in [3.63, 3.8) is 0 Å². The first-order valence-electron chi connectivity index (χ1n) is 11.8. The Hall–Kier alpha value is -2.04. The molecule has 3 rings (SSSR count). The largest absolute Gasteiger partial charge is 0.416 e. The molecule has 2 nitrogen and oxygen atoms in total. The fourth-order valence-corrected chi connectivity index (χ4v) is 4.91. The highest BCUT2D eigenvalue weighted by molar-refractivity contribution is 5.38. The maximum absolute atomic E-state index is 13.2. The van der Waals surface area contributed by atoms with E-state index in [1.165, 1.54) is 23.4 Å². The third-order valence-electron chi connectivity index (χ3n) is 6.51. The van der Waals surface area contributed by atoms with Crippen molar-refractivity contribution in [2.75, 3.05) is 0 Å². The van der Waals surface area contributed by atoms with Crippen LogP contribution in [0.3, 0.4) is 0 Å². The van der Waals surface area contributed by atoms with E-state index in [2.05, 4.69) is 45.9 Å². The third kappa shape index (κ3) is 5.29. The number of hydrogen-bond donors (Lipinski definition) is 0. The Labute approximate surface area is 190 Å². The molecule has 0 radical (unpaired) electrons. The third-order valence-corrected chi connectivity index (χ3v) is 6.51. The van der Waals surface area contributed by atoms with Gasteiger partial charge in [-0.1, -0.05) is 52.8 Å². The number of fused-ring (bicyclic) bond motifs is 1. The summed E-state index contributed by atoms with van der Waals surface area (Å²) in [6.07, 6.45) is 3.63. The smallest absolute Gasteiger partial charge is 0.261 e. The molecule has 1 aromatic heterocycles. The van der Waals surface area contributed by atoms with Gasteiger partial charge in [0.2, 0.25) is 0 Å². The summed E-state index contributed by atoms with van der Waals surface area (Å²) < 4.78 is 41.7. The van der Waals surface area contributed by atoms with Gasteiger partial charge in [-0.3, -0.25) is 4.68 Å². The van der Waals surface area contributed by atoms with Crippen molar-refractivity contribution in [2.24, 2.45) is 5.92 Å². The lowest BCUT2D eigenvalue weighted by atomic mass is 9.79. The number of hydrogen-bond acceptors (Lipinski definition) is 1. The van der Waals surface area contributed by atoms with Crippen LogP contribution >= 0.6 is 0 Å². The lowest BCUT2D eigenvalue weighted by Crippen LogP contribution is -2.20. The molecule has 0 saturated heterocycles. The summed E-state index contributed by atoms with van der Waals surface area (Å²) in [5.41, 5.74) is 3.95. The summed E-state index contributed by atoms with van der Waals surface area (Å²) in [4.78, 5) is 0. The number of halogens is 3. The summed E-state index contributed by atoms with van der Waals surface area (Å²) in [5, 5.41) is 5.18. The van der Waals surface area contributed by atoms with Gasteiger partial charge < -0.3 is 0 Å². The SMILES string of the molecule is C=CCC1CCCc2c(C(C)(C)C)nn(C(CCC(C)C)c3ccc(C(F)(F)F)cc3)c21. The van der Waals surface area contributed by atoms with Gasteiger partial charge in [0.25, 0.3) is 0 Å². The minimum atomic E-state index is -4.33. The van der Waals surface area contributed by atoms with Crippen molar-refractivity contribution in [3.05, 3.63) is 65.0 Å². The lowest BCUT2D eigenvalue weighted by molar-refractivity contribution is -0.137. The Bertz CT molecular complexity index is 914. The van der Waals surface area contributed by atoms with E-state index >= 15 is 0 Å². The number of benzene rings is 1. The molecule has 2 atom stereocenters. The Morgan fingerprint density at radius 1 is 1.12 bits per heavy atom. The molecular formula is C27H37F3N2. The first kappa shape index (κ1) is 24.6. The van der Waals surface area contributed by atoms with Crippen LogP contribution in [-0.4, -0.2) is 9.78 Å². The molecule has 0 amide bonds. The first-order valence-corrected chi connectivity index (χ1v) is 11.8. The normalized spacial score (nSPS) is 18.0. The molecule has 32 heavy (non-hydrogen) atoms. The van der Waals surface area contributed by atoms with Gasteiger partial charge in [-0.2, -0.15) is 18.3 Å². The summed E-state index contributed by atoms with van der Waals surface area (Å²) in [6, 6.07) is 5.63. The topological polar surface area (TPSA) is 17.8 Å². The average Bonchev–Trinajstić information content (AvgIpc) is 3.09. The molecule has 176 valence electrons. The molecule has 1 aromatic carbocycles. The Morgan fingerprint density at radius 2 is 1.78 bits per heavy atom. The van der Waals surface area contributed by atoms with Gasteiger partial charge in [-0.25, -0.2) is 0 Å². The highest BCUT2D eigenvalue weighted by atomic mass is 19.4. The fraction of sp³-hybridized carbons (Fsp3) is 0.593. The second-order valence-corrected chi connectivity index (χ2v) is 10.6. The van der Waals surface area contributed by atoms with Crippen LogP contribution in [-0.2, 0) is 18.0 Å². The van der Waals surface area contributed by atoms with Crippen LogP contribution in [0.5, 0.6) is 0 Å². The van der Waals surface area contributed by atoms with Crippen LogP contribution < -0.4 is 0 Å². The fourth-order valence-electron chi connectivity index (χ4n) is 4.91. The highest BCUT2D eigenvalue weighted by Gasteiger charge is 2.35. The van der Waals surface area contributed by atoms with E-state index in [1.54, 1.807) is 12.1 Å². The van der Waals surface area contributed by atoms with E-state index in [0.29, 0.717) is 11.8 Å². The van der Waals surface area contributed by atoms with Crippen molar-refractivity contribution >= 4 is 0 Å². The van der Waals surface area contributed by atoms with E-state index < -0.39 is 11.7 Å². The van der Waals surface area contributed by atoms with Crippen LogP contribution in [0.2, 0.25) is 0 Å². The minimum absolute atomic E-state index is 0.0741. The van der Waals surface area contributed by atoms with Crippen molar-refractivity contribution in [1.82, 2.24) is 9.78 Å². The summed E-state index contributed by atoms with van der Waals surface area (Å²) >= 11 is 0. The van der Waals surface area contributed by atoms with Crippen LogP contribution in [0.4, 0.5) is 13.2 Å². The number of nitrogens with zero attached hydrogens (tertiary/aromatic N) is 2. The molecule has 2 unspecified atom stereocenters. The molecule has 0 fully saturated rings. The number of alkyl halides is 3. The minimum Gasteiger partial charge on any atom is -0.261 e. The Morgan fingerprint density at radius 3 is 2.31 bits per heavy atom. The molecule has 0 spiro atoms. The number of rotatable bonds is 7. The second-order valence-electron chi connectivity index (χ2n) is 10.6. The highest BCUT2D eigenvalue weighted by Crippen LogP contribution is 2.42. The summed E-state index contributed by atoms with van der Waals surface area (Å²) in [5.74, 6) is 0.861. The first-order chi connectivity index (χ1) is 14.9. The second kappa shape index (κ2) is 9.44. The zero-order valence-electron chi connectivity index (χ0n) is 20.1. The molecule has 0 bridgehead atoms. The Balaban J connectivity index is 2.16. The lowest BCUT2D eigenvalue weighted by Gasteiger charge is -2.28. The quantitative estimate of drug-likeness (QED) is 0.392. The maximum atomic E-state index is 13.2. The van der Waals surface area contributed by atoms with Crippen LogP contribution in [0.1, 0.15) is 107 Å². The van der Waals surface area contributed by atoms with Crippen LogP contribution in [0, 0.1) is 5.92 Å². The number of allylic oxidation sites excluding steroid dienone is 1. The molecule has 0 saturated carbocycles. The van der Waals surface area contributed by atoms with E-state index in [4.69, 9.17) is 5.10 Å². The van der Waals surface area contributed by atoms with Crippen molar-refractivity contribution < 1.29 is 13.2 Å². The van der Waals surface area contributed by atoms with Gasteiger partial charge in [-0.15, -0.1) is 6.58 Å². The maximum Gasteiger partial charge on any atom is 0.416 e. The van der Waals surface area contributed by atoms with Gasteiger partial charge in [0.05, 0.1) is 17.3 Å². The molecule has 0 aliphatic heterocycles. The van der Waals surface area contributed by atoms with Crippen molar-refractivity contribution in [2.45, 2.75) is 96.7 Å². The molecule has 0 N–H and O–H groups in total. The molecule has 2 aromatic rings. The summed E-state index contributed by atoms with van der Waals surface area (Å²) in [7, 11) is 0. The van der Waals surface area contributed by atoms with Gasteiger partial charge >= 0.3 is 6.18 Å². The zero-order valence-corrected chi connectivity index (χ0v) is 20.1. The molecule has 1 aliphatic carbocycles. The predicted molar refractivity (Wildman–Crippen MR) is 125 cm³/mol. The van der Waals surface area contributed by atoms with E-state index in [1.807, 2.05) is 6.08 Å². The van der Waals surface area contributed by atoms with Crippen LogP contribution in [0.15, 0.2) is 36.9 Å². The standard InChI is InChI=1S/C27H37F3N2/c1-7-9-20-10-8-11-22-24(20)32(31-25(22)26(4,5)6)23(17-12-18(2)3)19-13-15-21(16-14-19)27(28,29)30/h7,13-16,18,20,23H,1,8-12,17H2,2-6H3. The van der Waals surface area contributed by atoms with E-state index in [-0.39, 0.29) is 11.5 Å². The van der Waals surface area contributed by atoms with E-state index in [9.17, 15) is 13.2 Å². The molecule has 1 aliphatic rings. The Kier molecular flexibility index (Phi) is 7.26. The van der Waals surface area contributed by atoms with Gasteiger partial charge in [0.1, 0.15) is 0 Å². The van der Waals surface area contributed by atoms with E-state index in [0.717, 1.165) is 49.8 Å². The van der Waals surface area contributed by atoms with Crippen molar-refractivity contribution in [1.29, 1.82) is 0 Å². The zero-order chi connectivity index (χ0) is 23.7. The van der Waals surface area contributed by atoms with Gasteiger partial charge in [0, 0.05) is 17.0 Å².